The van der Waals surface area contributed by atoms with Gasteiger partial charge in [0.15, 0.2) is 11.0 Å². The number of amides is 1. The van der Waals surface area contributed by atoms with E-state index in [1.54, 1.807) is 24.3 Å². The zero-order valence-electron chi connectivity index (χ0n) is 16.7. The zero-order valence-corrected chi connectivity index (χ0v) is 18.2. The molecule has 156 valence electrons. The number of carbonyl (C=O) groups is 1. The number of carbonyl (C=O) groups excluding carboxylic acids is 1. The molecule has 0 aliphatic carbocycles. The van der Waals surface area contributed by atoms with Crippen LogP contribution < -0.4 is 5.43 Å². The minimum absolute atomic E-state index is 0.162. The van der Waals surface area contributed by atoms with Crippen molar-refractivity contribution in [2.75, 3.05) is 5.75 Å². The number of nitrogens with zero attached hydrogens (tertiary/aromatic N) is 4. The minimum Gasteiger partial charge on any atom is -0.508 e. The van der Waals surface area contributed by atoms with Crippen LogP contribution in [0.15, 0.2) is 58.8 Å². The lowest BCUT2D eigenvalue weighted by atomic mass is 10.1. The lowest BCUT2D eigenvalue weighted by Crippen LogP contribution is -2.22. The van der Waals surface area contributed by atoms with E-state index in [9.17, 15) is 9.90 Å². The Kier molecular flexibility index (Phi) is 7.48. The number of benzene rings is 2. The van der Waals surface area contributed by atoms with Crippen molar-refractivity contribution < 1.29 is 9.90 Å². The number of hydrogen-bond donors (Lipinski definition) is 2. The minimum atomic E-state index is -0.233. The molecule has 1 heterocycles. The average Bonchev–Trinajstić information content (AvgIpc) is 3.17. The Morgan fingerprint density at radius 3 is 2.47 bits per heavy atom. The number of hydrogen-bond acceptors (Lipinski definition) is 6. The van der Waals surface area contributed by atoms with Crippen LogP contribution in [-0.4, -0.2) is 37.2 Å². The molecule has 0 bridgehead atoms. The first kappa shape index (κ1) is 21.9. The second-order valence-electron chi connectivity index (χ2n) is 6.34. The lowest BCUT2D eigenvalue weighted by Gasteiger charge is -2.08. The molecule has 0 aliphatic rings. The molecule has 0 radical (unpaired) electrons. The fraction of sp³-hybridized carbons (Fsp3) is 0.238. The number of phenols is 1. The highest BCUT2D eigenvalue weighted by Crippen LogP contribution is 2.25. The third-order valence-electron chi connectivity index (χ3n) is 4.32. The SMILES string of the molecule is CC/C(=N\NC(=O)CSc1nnc(-c2ccc(Cl)cc2)n1CC)c1ccc(O)cc1. The van der Waals surface area contributed by atoms with Crippen molar-refractivity contribution in [1.29, 1.82) is 0 Å². The molecule has 0 fully saturated rings. The fourth-order valence-corrected chi connectivity index (χ4v) is 3.71. The normalized spacial score (nSPS) is 11.5. The fourth-order valence-electron chi connectivity index (χ4n) is 2.79. The Morgan fingerprint density at radius 2 is 1.83 bits per heavy atom. The molecule has 1 aromatic heterocycles. The summed E-state index contributed by atoms with van der Waals surface area (Å²) < 4.78 is 1.96. The smallest absolute Gasteiger partial charge is 0.250 e. The number of hydrazone groups is 1. The van der Waals surface area contributed by atoms with Crippen molar-refractivity contribution in [3.63, 3.8) is 0 Å². The van der Waals surface area contributed by atoms with E-state index in [4.69, 9.17) is 11.6 Å². The van der Waals surface area contributed by atoms with E-state index >= 15 is 0 Å². The van der Waals surface area contributed by atoms with E-state index in [0.29, 0.717) is 23.1 Å². The van der Waals surface area contributed by atoms with Crippen molar-refractivity contribution in [1.82, 2.24) is 20.2 Å². The summed E-state index contributed by atoms with van der Waals surface area (Å²) in [5, 5.41) is 23.4. The lowest BCUT2D eigenvalue weighted by molar-refractivity contribution is -0.118. The summed E-state index contributed by atoms with van der Waals surface area (Å²) in [4.78, 5) is 12.3. The third-order valence-corrected chi connectivity index (χ3v) is 5.54. The molecule has 3 rings (SSSR count). The molecular formula is C21H22ClN5O2S. The molecule has 7 nitrogen and oxygen atoms in total. The standard InChI is InChI=1S/C21H22ClN5O2S/c1-3-18(14-7-11-17(28)12-8-14)23-24-19(29)13-30-21-26-25-20(27(21)4-2)15-5-9-16(22)10-6-15/h5-12,28H,3-4,13H2,1-2H3,(H,24,29)/b23-18+. The molecule has 0 atom stereocenters. The van der Waals surface area contributed by atoms with E-state index in [2.05, 4.69) is 20.7 Å². The molecule has 0 aliphatic heterocycles. The Hall–Kier alpha value is -2.84. The second-order valence-corrected chi connectivity index (χ2v) is 7.72. The molecule has 0 saturated heterocycles. The molecule has 0 saturated carbocycles. The molecule has 0 spiro atoms. The molecule has 2 aromatic carbocycles. The van der Waals surface area contributed by atoms with Crippen LogP contribution in [0.5, 0.6) is 5.75 Å². The third kappa shape index (κ3) is 5.40. The van der Waals surface area contributed by atoms with Crippen LogP contribution in [0.3, 0.4) is 0 Å². The maximum Gasteiger partial charge on any atom is 0.250 e. The van der Waals surface area contributed by atoms with Gasteiger partial charge in [0, 0.05) is 17.1 Å². The first-order valence-corrected chi connectivity index (χ1v) is 10.8. The van der Waals surface area contributed by atoms with E-state index in [1.807, 2.05) is 42.7 Å². The van der Waals surface area contributed by atoms with Crippen LogP contribution in [-0.2, 0) is 11.3 Å². The van der Waals surface area contributed by atoms with Gasteiger partial charge in [0.1, 0.15) is 5.75 Å². The van der Waals surface area contributed by atoms with Crippen molar-refractivity contribution in [3.8, 4) is 17.1 Å². The van der Waals surface area contributed by atoms with Crippen LogP contribution in [0.2, 0.25) is 5.02 Å². The summed E-state index contributed by atoms with van der Waals surface area (Å²) in [7, 11) is 0. The largest absolute Gasteiger partial charge is 0.508 e. The van der Waals surface area contributed by atoms with Gasteiger partial charge < -0.3 is 9.67 Å². The van der Waals surface area contributed by atoms with E-state index in [0.717, 1.165) is 22.7 Å². The molecule has 2 N–H and O–H groups in total. The first-order chi connectivity index (χ1) is 14.5. The van der Waals surface area contributed by atoms with Crippen LogP contribution in [0.1, 0.15) is 25.8 Å². The topological polar surface area (TPSA) is 92.4 Å². The summed E-state index contributed by atoms with van der Waals surface area (Å²) in [6.45, 7) is 4.63. The Bertz CT molecular complexity index is 1030. The van der Waals surface area contributed by atoms with Crippen LogP contribution >= 0.6 is 23.4 Å². The van der Waals surface area contributed by atoms with E-state index < -0.39 is 0 Å². The van der Waals surface area contributed by atoms with Crippen molar-refractivity contribution in [2.24, 2.45) is 5.10 Å². The Balaban J connectivity index is 1.64. The van der Waals surface area contributed by atoms with Gasteiger partial charge in [0.2, 0.25) is 0 Å². The molecule has 30 heavy (non-hydrogen) atoms. The predicted octanol–water partition coefficient (Wildman–Crippen LogP) is 4.35. The summed E-state index contributed by atoms with van der Waals surface area (Å²) in [6.07, 6.45) is 0.646. The maximum absolute atomic E-state index is 12.3. The van der Waals surface area contributed by atoms with Crippen LogP contribution in [0.25, 0.3) is 11.4 Å². The number of aromatic hydroxyl groups is 1. The summed E-state index contributed by atoms with van der Waals surface area (Å²) >= 11 is 7.26. The summed E-state index contributed by atoms with van der Waals surface area (Å²) in [6, 6.07) is 14.1. The number of nitrogens with one attached hydrogen (secondary N) is 1. The van der Waals surface area contributed by atoms with Gasteiger partial charge in [-0.3, -0.25) is 4.79 Å². The highest BCUT2D eigenvalue weighted by atomic mass is 35.5. The van der Waals surface area contributed by atoms with Gasteiger partial charge in [-0.1, -0.05) is 30.3 Å². The molecular weight excluding hydrogens is 422 g/mol. The maximum atomic E-state index is 12.3. The Morgan fingerprint density at radius 1 is 1.13 bits per heavy atom. The van der Waals surface area contributed by atoms with Gasteiger partial charge in [-0.05, 0) is 67.4 Å². The molecule has 1 amide bonds. The van der Waals surface area contributed by atoms with Crippen LogP contribution in [0, 0.1) is 0 Å². The van der Waals surface area contributed by atoms with Gasteiger partial charge in [-0.2, -0.15) is 5.10 Å². The number of halogens is 1. The molecule has 3 aromatic rings. The molecule has 0 unspecified atom stereocenters. The molecule has 9 heteroatoms. The van der Waals surface area contributed by atoms with Gasteiger partial charge in [-0.15, -0.1) is 10.2 Å². The highest BCUT2D eigenvalue weighted by Gasteiger charge is 2.14. The number of phenolic OH excluding ortho intramolecular Hbond substituents is 1. The summed E-state index contributed by atoms with van der Waals surface area (Å²) in [5.74, 6) is 0.848. The Labute approximate surface area is 184 Å². The van der Waals surface area contributed by atoms with Gasteiger partial charge in [-0.25, -0.2) is 5.43 Å². The number of rotatable bonds is 8. The van der Waals surface area contributed by atoms with E-state index in [-0.39, 0.29) is 17.4 Å². The van der Waals surface area contributed by atoms with Crippen molar-refractivity contribution in [2.45, 2.75) is 32.0 Å². The zero-order chi connectivity index (χ0) is 21.5. The predicted molar refractivity (Wildman–Crippen MR) is 120 cm³/mol. The monoisotopic (exact) mass is 443 g/mol. The van der Waals surface area contributed by atoms with Crippen molar-refractivity contribution >= 4 is 35.0 Å². The van der Waals surface area contributed by atoms with Crippen LogP contribution in [0.4, 0.5) is 0 Å². The van der Waals surface area contributed by atoms with Crippen molar-refractivity contribution in [3.05, 3.63) is 59.1 Å². The average molecular weight is 444 g/mol. The first-order valence-electron chi connectivity index (χ1n) is 9.48. The second kappa shape index (κ2) is 10.3. The highest BCUT2D eigenvalue weighted by molar-refractivity contribution is 7.99. The number of aromatic nitrogens is 3. The van der Waals surface area contributed by atoms with E-state index in [1.165, 1.54) is 11.8 Å². The quantitative estimate of drug-likeness (QED) is 0.307. The van der Waals surface area contributed by atoms with Gasteiger partial charge in [0.25, 0.3) is 5.91 Å². The summed E-state index contributed by atoms with van der Waals surface area (Å²) in [5.41, 5.74) is 5.09. The number of thioether (sulfide) groups is 1. The van der Waals surface area contributed by atoms with Gasteiger partial charge >= 0.3 is 0 Å². The van der Waals surface area contributed by atoms with Gasteiger partial charge in [0.05, 0.1) is 11.5 Å².